The summed E-state index contributed by atoms with van der Waals surface area (Å²) in [7, 11) is -2.31. The van der Waals surface area contributed by atoms with Gasteiger partial charge in [-0.15, -0.1) is 0 Å². The maximum absolute atomic E-state index is 12.2. The van der Waals surface area contributed by atoms with Crippen LogP contribution < -0.4 is 5.73 Å². The fourth-order valence-electron chi connectivity index (χ4n) is 1.79. The summed E-state index contributed by atoms with van der Waals surface area (Å²) in [5.74, 6) is -0.554. The summed E-state index contributed by atoms with van der Waals surface area (Å²) in [6.45, 7) is 1.69. The normalized spacial score (nSPS) is 18.8. The Hall–Kier alpha value is -1.60. The molecule has 6 nitrogen and oxygen atoms in total. The average Bonchev–Trinajstić information content (AvgIpc) is 2.50. The molecule has 0 fully saturated rings. The summed E-state index contributed by atoms with van der Waals surface area (Å²) in [6.07, 6.45) is -0.365. The first-order valence-electron chi connectivity index (χ1n) is 5.37. The zero-order valence-electron chi connectivity index (χ0n) is 10.1. The number of methoxy groups -OCH3 is 1. The van der Waals surface area contributed by atoms with Crippen molar-refractivity contribution in [3.05, 3.63) is 23.8 Å². The predicted molar refractivity (Wildman–Crippen MR) is 65.5 cm³/mol. The Morgan fingerprint density at radius 2 is 2.11 bits per heavy atom. The van der Waals surface area contributed by atoms with Gasteiger partial charge in [-0.05, 0) is 25.1 Å². The molecule has 1 unspecified atom stereocenters. The third-order valence-electron chi connectivity index (χ3n) is 2.85. The van der Waals surface area contributed by atoms with Crippen LogP contribution in [0.5, 0.6) is 0 Å². The Kier molecular flexibility index (Phi) is 3.04. The van der Waals surface area contributed by atoms with Crippen molar-refractivity contribution in [2.24, 2.45) is 0 Å². The molecular weight excluding hydrogens is 256 g/mol. The van der Waals surface area contributed by atoms with Crippen LogP contribution in [-0.4, -0.2) is 38.4 Å². The lowest BCUT2D eigenvalue weighted by molar-refractivity contribution is 0.0722. The van der Waals surface area contributed by atoms with Gasteiger partial charge >= 0.3 is 0 Å². The number of nitrogen functional groups attached to an aromatic ring is 1. The summed E-state index contributed by atoms with van der Waals surface area (Å²) < 4.78 is 30.2. The second kappa shape index (κ2) is 4.25. The lowest BCUT2D eigenvalue weighted by Gasteiger charge is -2.18. The van der Waals surface area contributed by atoms with Crippen LogP contribution in [0, 0.1) is 0 Å². The minimum Gasteiger partial charge on any atom is -0.399 e. The molecule has 18 heavy (non-hydrogen) atoms. The van der Waals surface area contributed by atoms with Crippen LogP contribution in [-0.2, 0) is 14.8 Å². The number of nitrogens with two attached hydrogens (primary N) is 1. The molecule has 1 atom stereocenters. The molecule has 0 saturated heterocycles. The first-order valence-corrected chi connectivity index (χ1v) is 6.81. The second-order valence-electron chi connectivity index (χ2n) is 4.14. The maximum atomic E-state index is 12.2. The fourth-order valence-corrected chi connectivity index (χ4v) is 3.42. The highest BCUT2D eigenvalue weighted by molar-refractivity contribution is 7.90. The molecule has 0 bridgehead atoms. The lowest BCUT2D eigenvalue weighted by atomic mass is 10.2. The first-order chi connectivity index (χ1) is 8.37. The average molecular weight is 270 g/mol. The van der Waals surface area contributed by atoms with E-state index >= 15 is 0 Å². The predicted octanol–water partition coefficient (Wildman–Crippen LogP) is 0.448. The number of sulfonamides is 1. The molecule has 1 aliphatic rings. The number of benzene rings is 1. The van der Waals surface area contributed by atoms with E-state index in [4.69, 9.17) is 10.5 Å². The van der Waals surface area contributed by atoms with Crippen LogP contribution in [0.25, 0.3) is 0 Å². The number of fused-ring (bicyclic) bond motifs is 1. The maximum Gasteiger partial charge on any atom is 0.269 e. The van der Waals surface area contributed by atoms with Crippen molar-refractivity contribution in [3.8, 4) is 0 Å². The number of rotatable bonds is 3. The van der Waals surface area contributed by atoms with Gasteiger partial charge in [0, 0.05) is 12.8 Å². The number of amides is 1. The van der Waals surface area contributed by atoms with E-state index in [-0.39, 0.29) is 23.1 Å². The van der Waals surface area contributed by atoms with Crippen molar-refractivity contribution >= 4 is 21.6 Å². The fraction of sp³-hybridized carbons (Fsp3) is 0.364. The molecule has 0 spiro atoms. The van der Waals surface area contributed by atoms with Gasteiger partial charge in [0.05, 0.1) is 18.2 Å². The smallest absolute Gasteiger partial charge is 0.269 e. The first kappa shape index (κ1) is 12.8. The van der Waals surface area contributed by atoms with Crippen LogP contribution in [0.1, 0.15) is 17.3 Å². The molecule has 0 radical (unpaired) electrons. The number of nitrogens with zero attached hydrogens (tertiary/aromatic N) is 1. The van der Waals surface area contributed by atoms with E-state index in [1.54, 1.807) is 6.92 Å². The molecule has 2 N–H and O–H groups in total. The van der Waals surface area contributed by atoms with Gasteiger partial charge in [-0.1, -0.05) is 0 Å². The number of ether oxygens (including phenoxy) is 1. The van der Waals surface area contributed by atoms with Crippen molar-refractivity contribution in [1.82, 2.24) is 4.31 Å². The van der Waals surface area contributed by atoms with Gasteiger partial charge in [0.2, 0.25) is 0 Å². The topological polar surface area (TPSA) is 89.7 Å². The van der Waals surface area contributed by atoms with E-state index in [9.17, 15) is 13.2 Å². The van der Waals surface area contributed by atoms with E-state index in [0.29, 0.717) is 5.69 Å². The van der Waals surface area contributed by atoms with Crippen molar-refractivity contribution in [2.75, 3.05) is 19.4 Å². The Morgan fingerprint density at radius 3 is 2.72 bits per heavy atom. The van der Waals surface area contributed by atoms with Gasteiger partial charge in [-0.3, -0.25) is 4.79 Å². The SMILES string of the molecule is COC(C)CN1C(=O)c2cc(N)ccc2S1(=O)=O. The monoisotopic (exact) mass is 270 g/mol. The molecule has 1 amide bonds. The highest BCUT2D eigenvalue weighted by Crippen LogP contribution is 2.31. The van der Waals surface area contributed by atoms with Gasteiger partial charge in [-0.25, -0.2) is 12.7 Å². The third-order valence-corrected chi connectivity index (χ3v) is 4.66. The van der Waals surface area contributed by atoms with Gasteiger partial charge < -0.3 is 10.5 Å². The largest absolute Gasteiger partial charge is 0.399 e. The van der Waals surface area contributed by atoms with Crippen LogP contribution in [0.3, 0.4) is 0 Å². The van der Waals surface area contributed by atoms with E-state index in [1.807, 2.05) is 0 Å². The van der Waals surface area contributed by atoms with Gasteiger partial charge in [0.1, 0.15) is 4.90 Å². The van der Waals surface area contributed by atoms with Crippen LogP contribution in [0.4, 0.5) is 5.69 Å². The van der Waals surface area contributed by atoms with Crippen LogP contribution in [0.15, 0.2) is 23.1 Å². The summed E-state index contributed by atoms with van der Waals surface area (Å²) >= 11 is 0. The molecule has 2 rings (SSSR count). The van der Waals surface area contributed by atoms with Crippen LogP contribution >= 0.6 is 0 Å². The molecule has 1 aliphatic heterocycles. The molecule has 1 aromatic carbocycles. The molecule has 7 heteroatoms. The molecule has 0 saturated carbocycles. The number of carbonyl (C=O) groups is 1. The number of carbonyl (C=O) groups excluding carboxylic acids is 1. The highest BCUT2D eigenvalue weighted by atomic mass is 32.2. The Balaban J connectivity index is 2.48. The van der Waals surface area contributed by atoms with Gasteiger partial charge in [-0.2, -0.15) is 0 Å². The van der Waals surface area contributed by atoms with Crippen molar-refractivity contribution in [1.29, 1.82) is 0 Å². The molecule has 1 heterocycles. The van der Waals surface area contributed by atoms with Crippen LogP contribution in [0.2, 0.25) is 0 Å². The second-order valence-corrected chi connectivity index (χ2v) is 5.97. The van der Waals surface area contributed by atoms with Crippen molar-refractivity contribution in [2.45, 2.75) is 17.9 Å². The summed E-state index contributed by atoms with van der Waals surface area (Å²) in [4.78, 5) is 12.1. The van der Waals surface area contributed by atoms with Gasteiger partial charge in [0.25, 0.3) is 15.9 Å². The molecule has 0 aliphatic carbocycles. The zero-order chi connectivity index (χ0) is 13.5. The van der Waals surface area contributed by atoms with E-state index in [1.165, 1.54) is 25.3 Å². The van der Waals surface area contributed by atoms with Crippen molar-refractivity contribution < 1.29 is 17.9 Å². The standard InChI is InChI=1S/C11H14N2O4S/c1-7(17-2)6-13-11(14)9-5-8(12)3-4-10(9)18(13,15)16/h3-5,7H,6,12H2,1-2H3. The van der Waals surface area contributed by atoms with Crippen molar-refractivity contribution in [3.63, 3.8) is 0 Å². The Morgan fingerprint density at radius 1 is 1.44 bits per heavy atom. The van der Waals surface area contributed by atoms with E-state index in [0.717, 1.165) is 4.31 Å². The molecule has 98 valence electrons. The minimum atomic E-state index is -3.77. The Labute approximate surface area is 105 Å². The quantitative estimate of drug-likeness (QED) is 0.805. The lowest BCUT2D eigenvalue weighted by Crippen LogP contribution is -2.36. The van der Waals surface area contributed by atoms with E-state index in [2.05, 4.69) is 0 Å². The summed E-state index contributed by atoms with van der Waals surface area (Å²) in [6, 6.07) is 4.20. The summed E-state index contributed by atoms with van der Waals surface area (Å²) in [5.41, 5.74) is 6.05. The third kappa shape index (κ3) is 1.85. The molecular formula is C11H14N2O4S. The number of anilines is 1. The van der Waals surface area contributed by atoms with E-state index < -0.39 is 15.9 Å². The molecule has 1 aromatic rings. The molecule has 0 aromatic heterocycles. The highest BCUT2D eigenvalue weighted by Gasteiger charge is 2.41. The summed E-state index contributed by atoms with van der Waals surface area (Å²) in [5, 5.41) is 0. The van der Waals surface area contributed by atoms with Gasteiger partial charge in [0.15, 0.2) is 0 Å². The minimum absolute atomic E-state index is 0.00463. The zero-order valence-corrected chi connectivity index (χ0v) is 10.9. The Bertz CT molecular complexity index is 597. The number of hydrogen-bond donors (Lipinski definition) is 1. The number of hydrogen-bond acceptors (Lipinski definition) is 5.